The number of nitrogens with one attached hydrogen (secondary N) is 1. The van der Waals surface area contributed by atoms with Gasteiger partial charge >= 0.3 is 0 Å². The van der Waals surface area contributed by atoms with Crippen molar-refractivity contribution in [2.45, 2.75) is 29.6 Å². The van der Waals surface area contributed by atoms with E-state index in [0.717, 1.165) is 5.56 Å². The van der Waals surface area contributed by atoms with Gasteiger partial charge in [-0.1, -0.05) is 29.8 Å². The molecule has 0 aliphatic carbocycles. The Morgan fingerprint density at radius 3 is 2.88 bits per heavy atom. The number of benzene rings is 1. The lowest BCUT2D eigenvalue weighted by molar-refractivity contribution is -0.124. The van der Waals surface area contributed by atoms with Crippen molar-refractivity contribution in [1.82, 2.24) is 9.62 Å². The fraction of sp³-hybridized carbons (Fsp3) is 0.312. The number of hydrogen-bond acceptors (Lipinski definition) is 4. The lowest BCUT2D eigenvalue weighted by Gasteiger charge is -2.22. The maximum atomic E-state index is 12.7. The molecule has 24 heavy (non-hydrogen) atoms. The van der Waals surface area contributed by atoms with Gasteiger partial charge in [0, 0.05) is 18.1 Å². The van der Waals surface area contributed by atoms with E-state index in [1.165, 1.54) is 15.6 Å². The molecule has 0 bridgehead atoms. The third-order valence-corrected chi connectivity index (χ3v) is 7.44. The van der Waals surface area contributed by atoms with Crippen LogP contribution < -0.4 is 5.32 Å². The summed E-state index contributed by atoms with van der Waals surface area (Å²) in [6.07, 6.45) is 1.21. The predicted octanol–water partition coefficient (Wildman–Crippen LogP) is 2.87. The molecule has 2 heterocycles. The number of carbonyl (C=O) groups excluding carboxylic acids is 1. The monoisotopic (exact) mass is 384 g/mol. The Labute approximate surface area is 150 Å². The summed E-state index contributed by atoms with van der Waals surface area (Å²) in [6.45, 7) is 0.693. The minimum absolute atomic E-state index is 0.271. The first-order chi connectivity index (χ1) is 11.5. The van der Waals surface area contributed by atoms with Crippen LogP contribution in [0.25, 0.3) is 0 Å². The van der Waals surface area contributed by atoms with E-state index in [-0.39, 0.29) is 10.1 Å². The summed E-state index contributed by atoms with van der Waals surface area (Å²) < 4.78 is 26.9. The third kappa shape index (κ3) is 3.64. The van der Waals surface area contributed by atoms with Crippen LogP contribution in [0.5, 0.6) is 0 Å². The summed E-state index contributed by atoms with van der Waals surface area (Å²) in [5.41, 5.74) is 0.876. The first kappa shape index (κ1) is 17.4. The van der Waals surface area contributed by atoms with Gasteiger partial charge in [0.15, 0.2) is 0 Å². The standard InChI is InChI=1S/C16H17ClN2O3S2/c17-13-5-1-4-12(10-13)11-18-16(20)14-6-2-8-19(14)24(21,22)15-7-3-9-23-15/h1,3-5,7,9-10,14H,2,6,8,11H2,(H,18,20)/t14-/m0/s1. The van der Waals surface area contributed by atoms with Crippen molar-refractivity contribution in [1.29, 1.82) is 0 Å². The highest BCUT2D eigenvalue weighted by Crippen LogP contribution is 2.28. The van der Waals surface area contributed by atoms with E-state index < -0.39 is 16.1 Å². The van der Waals surface area contributed by atoms with Gasteiger partial charge in [0.25, 0.3) is 10.0 Å². The zero-order valence-corrected chi connectivity index (χ0v) is 15.2. The normalized spacial score (nSPS) is 18.6. The molecule has 128 valence electrons. The highest BCUT2D eigenvalue weighted by molar-refractivity contribution is 7.91. The summed E-state index contributed by atoms with van der Waals surface area (Å²) >= 11 is 7.09. The quantitative estimate of drug-likeness (QED) is 0.861. The van der Waals surface area contributed by atoms with E-state index in [1.54, 1.807) is 29.6 Å². The zero-order chi connectivity index (χ0) is 17.2. The number of thiophene rings is 1. The summed E-state index contributed by atoms with van der Waals surface area (Å²) in [5, 5.41) is 5.14. The van der Waals surface area contributed by atoms with Gasteiger partial charge in [-0.25, -0.2) is 8.42 Å². The number of amides is 1. The minimum Gasteiger partial charge on any atom is -0.351 e. The highest BCUT2D eigenvalue weighted by atomic mass is 35.5. The zero-order valence-electron chi connectivity index (χ0n) is 12.8. The molecular formula is C16H17ClN2O3S2. The molecule has 5 nitrogen and oxygen atoms in total. The lowest BCUT2D eigenvalue weighted by atomic mass is 10.2. The van der Waals surface area contributed by atoms with Crippen molar-refractivity contribution in [3.63, 3.8) is 0 Å². The maximum absolute atomic E-state index is 12.7. The highest BCUT2D eigenvalue weighted by Gasteiger charge is 2.39. The second-order valence-corrected chi connectivity index (χ2v) is 9.06. The Hall–Kier alpha value is -1.41. The molecule has 3 rings (SSSR count). The first-order valence-corrected chi connectivity index (χ1v) is 10.3. The fourth-order valence-electron chi connectivity index (χ4n) is 2.77. The van der Waals surface area contributed by atoms with Crippen molar-refractivity contribution < 1.29 is 13.2 Å². The van der Waals surface area contributed by atoms with Gasteiger partial charge in [0.1, 0.15) is 10.3 Å². The molecular weight excluding hydrogens is 368 g/mol. The number of sulfonamides is 1. The van der Waals surface area contributed by atoms with Crippen LogP contribution in [0.3, 0.4) is 0 Å². The van der Waals surface area contributed by atoms with Gasteiger partial charge in [-0.05, 0) is 42.0 Å². The van der Waals surface area contributed by atoms with E-state index >= 15 is 0 Å². The van der Waals surface area contributed by atoms with Crippen LogP contribution in [-0.4, -0.2) is 31.2 Å². The number of rotatable bonds is 5. The van der Waals surface area contributed by atoms with Crippen molar-refractivity contribution in [2.75, 3.05) is 6.54 Å². The molecule has 1 atom stereocenters. The Balaban J connectivity index is 1.70. The molecule has 0 unspecified atom stereocenters. The van der Waals surface area contributed by atoms with Crippen LogP contribution in [0.15, 0.2) is 46.0 Å². The third-order valence-electron chi connectivity index (χ3n) is 3.92. The van der Waals surface area contributed by atoms with Gasteiger partial charge in [-0.3, -0.25) is 4.79 Å². The Bertz CT molecular complexity index is 822. The number of halogens is 1. The molecule has 1 fully saturated rings. The Kier molecular flexibility index (Phi) is 5.24. The van der Waals surface area contributed by atoms with Gasteiger partial charge in [0.2, 0.25) is 5.91 Å². The fourth-order valence-corrected chi connectivity index (χ4v) is 5.76. The molecule has 1 N–H and O–H groups in total. The number of carbonyl (C=O) groups is 1. The van der Waals surface area contributed by atoms with Gasteiger partial charge in [-0.15, -0.1) is 11.3 Å². The first-order valence-electron chi connectivity index (χ1n) is 7.56. The molecule has 8 heteroatoms. The summed E-state index contributed by atoms with van der Waals surface area (Å²) in [7, 11) is -3.61. The van der Waals surface area contributed by atoms with Crippen LogP contribution in [0, 0.1) is 0 Å². The van der Waals surface area contributed by atoms with Crippen LogP contribution in [0.2, 0.25) is 5.02 Å². The molecule has 1 aliphatic heterocycles. The molecule has 0 spiro atoms. The van der Waals surface area contributed by atoms with Gasteiger partial charge in [-0.2, -0.15) is 4.31 Å². The van der Waals surface area contributed by atoms with Crippen molar-refractivity contribution in [3.05, 3.63) is 52.4 Å². The largest absolute Gasteiger partial charge is 0.351 e. The topological polar surface area (TPSA) is 66.5 Å². The van der Waals surface area contributed by atoms with Crippen LogP contribution >= 0.6 is 22.9 Å². The van der Waals surface area contributed by atoms with Crippen molar-refractivity contribution >= 4 is 38.9 Å². The average molecular weight is 385 g/mol. The van der Waals surface area contributed by atoms with Crippen LogP contribution in [-0.2, 0) is 21.4 Å². The minimum atomic E-state index is -3.61. The lowest BCUT2D eigenvalue weighted by Crippen LogP contribution is -2.45. The number of nitrogens with zero attached hydrogens (tertiary/aromatic N) is 1. The molecule has 1 aromatic carbocycles. The molecule has 1 amide bonds. The summed E-state index contributed by atoms with van der Waals surface area (Å²) in [6, 6.07) is 9.82. The predicted molar refractivity (Wildman–Crippen MR) is 94.5 cm³/mol. The number of hydrogen-bond donors (Lipinski definition) is 1. The summed E-state index contributed by atoms with van der Waals surface area (Å²) in [5.74, 6) is -0.271. The van der Waals surface area contributed by atoms with E-state index in [2.05, 4.69) is 5.32 Å². The molecule has 1 aliphatic rings. The second-order valence-electron chi connectivity index (χ2n) is 5.55. The van der Waals surface area contributed by atoms with Gasteiger partial charge < -0.3 is 5.32 Å². The van der Waals surface area contributed by atoms with E-state index in [1.807, 2.05) is 12.1 Å². The molecule has 1 saturated heterocycles. The molecule has 0 saturated carbocycles. The van der Waals surface area contributed by atoms with Crippen molar-refractivity contribution in [2.24, 2.45) is 0 Å². The second kappa shape index (κ2) is 7.23. The van der Waals surface area contributed by atoms with Gasteiger partial charge in [0.05, 0.1) is 0 Å². The van der Waals surface area contributed by atoms with Crippen molar-refractivity contribution in [3.8, 4) is 0 Å². The van der Waals surface area contributed by atoms with E-state index in [9.17, 15) is 13.2 Å². The summed E-state index contributed by atoms with van der Waals surface area (Å²) in [4.78, 5) is 12.5. The molecule has 1 aromatic heterocycles. The smallest absolute Gasteiger partial charge is 0.253 e. The SMILES string of the molecule is O=C(NCc1cccc(Cl)c1)[C@@H]1CCCN1S(=O)(=O)c1cccs1. The molecule has 0 radical (unpaired) electrons. The van der Waals surface area contributed by atoms with E-state index in [0.29, 0.717) is 31.0 Å². The van der Waals surface area contributed by atoms with E-state index in [4.69, 9.17) is 11.6 Å². The van der Waals surface area contributed by atoms with Crippen LogP contribution in [0.1, 0.15) is 18.4 Å². The average Bonchev–Trinajstić information content (AvgIpc) is 3.24. The maximum Gasteiger partial charge on any atom is 0.253 e. The Morgan fingerprint density at radius 2 is 2.17 bits per heavy atom. The van der Waals surface area contributed by atoms with Crippen LogP contribution in [0.4, 0.5) is 0 Å². The Morgan fingerprint density at radius 1 is 1.33 bits per heavy atom. The molecule has 2 aromatic rings.